The summed E-state index contributed by atoms with van der Waals surface area (Å²) in [6, 6.07) is 7.91. The van der Waals surface area contributed by atoms with Crippen molar-refractivity contribution in [3.8, 4) is 0 Å². The summed E-state index contributed by atoms with van der Waals surface area (Å²) in [6.07, 6.45) is 3.79. The second kappa shape index (κ2) is 3.54. The van der Waals surface area contributed by atoms with Crippen LogP contribution in [0.5, 0.6) is 0 Å². The van der Waals surface area contributed by atoms with E-state index < -0.39 is 0 Å². The number of rotatable bonds is 2. The molecule has 0 amide bonds. The van der Waals surface area contributed by atoms with Crippen LogP contribution in [0.1, 0.15) is 11.4 Å². The van der Waals surface area contributed by atoms with Crippen molar-refractivity contribution in [2.75, 3.05) is 5.73 Å². The van der Waals surface area contributed by atoms with E-state index in [1.807, 2.05) is 43.6 Å². The van der Waals surface area contributed by atoms with Crippen molar-refractivity contribution >= 4 is 5.69 Å². The molecular formula is C11H13N3. The highest BCUT2D eigenvalue weighted by Gasteiger charge is 1.97. The fourth-order valence-electron chi connectivity index (χ4n) is 1.39. The van der Waals surface area contributed by atoms with Crippen LogP contribution in [0.2, 0.25) is 0 Å². The van der Waals surface area contributed by atoms with Gasteiger partial charge in [-0.3, -0.25) is 0 Å². The Morgan fingerprint density at radius 2 is 2.00 bits per heavy atom. The summed E-state index contributed by atoms with van der Waals surface area (Å²) in [4.78, 5) is 4.17. The lowest BCUT2D eigenvalue weighted by atomic mass is 10.2. The molecular weight excluding hydrogens is 174 g/mol. The van der Waals surface area contributed by atoms with Crippen LogP contribution < -0.4 is 5.73 Å². The van der Waals surface area contributed by atoms with Crippen molar-refractivity contribution < 1.29 is 0 Å². The third-order valence-corrected chi connectivity index (χ3v) is 2.26. The zero-order chi connectivity index (χ0) is 9.97. The van der Waals surface area contributed by atoms with Crippen LogP contribution in [0, 0.1) is 6.92 Å². The lowest BCUT2D eigenvalue weighted by Gasteiger charge is -2.05. The first kappa shape index (κ1) is 8.81. The van der Waals surface area contributed by atoms with Gasteiger partial charge in [-0.2, -0.15) is 0 Å². The minimum atomic E-state index is 0.802. The fraction of sp³-hybridized carbons (Fsp3) is 0.182. The maximum atomic E-state index is 5.61. The molecule has 2 aromatic rings. The molecule has 2 rings (SSSR count). The molecule has 0 spiro atoms. The quantitative estimate of drug-likeness (QED) is 0.729. The van der Waals surface area contributed by atoms with Gasteiger partial charge >= 0.3 is 0 Å². The second-order valence-corrected chi connectivity index (χ2v) is 3.34. The summed E-state index contributed by atoms with van der Waals surface area (Å²) < 4.78 is 2.10. The van der Waals surface area contributed by atoms with Crippen LogP contribution in [0.4, 0.5) is 5.69 Å². The topological polar surface area (TPSA) is 43.8 Å². The molecule has 1 heterocycles. The SMILES string of the molecule is Cc1nccn1Cc1ccc(N)cc1. The van der Waals surface area contributed by atoms with Crippen molar-refractivity contribution in [2.24, 2.45) is 0 Å². The molecule has 0 fully saturated rings. The first-order chi connectivity index (χ1) is 6.75. The number of hydrogen-bond donors (Lipinski definition) is 1. The molecule has 0 saturated carbocycles. The molecule has 0 aliphatic heterocycles. The first-order valence-electron chi connectivity index (χ1n) is 4.58. The van der Waals surface area contributed by atoms with E-state index in [0.29, 0.717) is 0 Å². The van der Waals surface area contributed by atoms with Gasteiger partial charge in [-0.15, -0.1) is 0 Å². The third-order valence-electron chi connectivity index (χ3n) is 2.26. The Kier molecular flexibility index (Phi) is 2.23. The smallest absolute Gasteiger partial charge is 0.105 e. The van der Waals surface area contributed by atoms with Crippen LogP contribution in [0.3, 0.4) is 0 Å². The lowest BCUT2D eigenvalue weighted by Crippen LogP contribution is -2.00. The summed E-state index contributed by atoms with van der Waals surface area (Å²) in [5.74, 6) is 1.03. The largest absolute Gasteiger partial charge is 0.399 e. The third kappa shape index (κ3) is 1.76. The van der Waals surface area contributed by atoms with Gasteiger partial charge in [-0.05, 0) is 24.6 Å². The zero-order valence-electron chi connectivity index (χ0n) is 8.14. The van der Waals surface area contributed by atoms with Crippen LogP contribution in [-0.2, 0) is 6.54 Å². The zero-order valence-corrected chi connectivity index (χ0v) is 8.14. The van der Waals surface area contributed by atoms with Gasteiger partial charge in [-0.25, -0.2) is 4.98 Å². The average Bonchev–Trinajstić information content (AvgIpc) is 2.56. The van der Waals surface area contributed by atoms with E-state index in [1.165, 1.54) is 5.56 Å². The van der Waals surface area contributed by atoms with E-state index >= 15 is 0 Å². The van der Waals surface area contributed by atoms with E-state index in [2.05, 4.69) is 9.55 Å². The summed E-state index contributed by atoms with van der Waals surface area (Å²) in [5, 5.41) is 0. The Bertz CT molecular complexity index is 414. The number of nitrogen functional groups attached to an aromatic ring is 1. The van der Waals surface area contributed by atoms with Gasteiger partial charge < -0.3 is 10.3 Å². The Morgan fingerprint density at radius 1 is 1.29 bits per heavy atom. The van der Waals surface area contributed by atoms with Gasteiger partial charge in [0.25, 0.3) is 0 Å². The summed E-state index contributed by atoms with van der Waals surface area (Å²) in [5.41, 5.74) is 7.65. The van der Waals surface area contributed by atoms with Gasteiger partial charge in [0.05, 0.1) is 0 Å². The van der Waals surface area contributed by atoms with Crippen molar-refractivity contribution in [3.63, 3.8) is 0 Å². The first-order valence-corrected chi connectivity index (χ1v) is 4.58. The highest BCUT2D eigenvalue weighted by Crippen LogP contribution is 2.08. The minimum Gasteiger partial charge on any atom is -0.399 e. The van der Waals surface area contributed by atoms with Crippen molar-refractivity contribution in [1.82, 2.24) is 9.55 Å². The van der Waals surface area contributed by atoms with E-state index in [-0.39, 0.29) is 0 Å². The maximum absolute atomic E-state index is 5.61. The van der Waals surface area contributed by atoms with Gasteiger partial charge in [-0.1, -0.05) is 12.1 Å². The number of anilines is 1. The molecule has 3 nitrogen and oxygen atoms in total. The molecule has 0 saturated heterocycles. The summed E-state index contributed by atoms with van der Waals surface area (Å²) in [7, 11) is 0. The summed E-state index contributed by atoms with van der Waals surface area (Å²) >= 11 is 0. The Balaban J connectivity index is 2.19. The molecule has 0 atom stereocenters. The number of imidazole rings is 1. The van der Waals surface area contributed by atoms with Crippen LogP contribution in [0.25, 0.3) is 0 Å². The molecule has 0 radical (unpaired) electrons. The minimum absolute atomic E-state index is 0.802. The number of nitrogens with zero attached hydrogens (tertiary/aromatic N) is 2. The number of benzene rings is 1. The molecule has 1 aromatic heterocycles. The molecule has 0 aliphatic rings. The predicted octanol–water partition coefficient (Wildman–Crippen LogP) is 1.82. The van der Waals surface area contributed by atoms with Gasteiger partial charge in [0.1, 0.15) is 5.82 Å². The van der Waals surface area contributed by atoms with Crippen molar-refractivity contribution in [2.45, 2.75) is 13.5 Å². The van der Waals surface area contributed by atoms with Crippen molar-refractivity contribution in [3.05, 3.63) is 48.0 Å². The van der Waals surface area contributed by atoms with E-state index in [4.69, 9.17) is 5.73 Å². The normalized spacial score (nSPS) is 10.4. The average molecular weight is 187 g/mol. The number of hydrogen-bond acceptors (Lipinski definition) is 2. The predicted molar refractivity (Wildman–Crippen MR) is 56.9 cm³/mol. The Hall–Kier alpha value is -1.77. The van der Waals surface area contributed by atoms with Gasteiger partial charge in [0, 0.05) is 24.6 Å². The molecule has 14 heavy (non-hydrogen) atoms. The van der Waals surface area contributed by atoms with Crippen molar-refractivity contribution in [1.29, 1.82) is 0 Å². The van der Waals surface area contributed by atoms with E-state index in [1.54, 1.807) is 0 Å². The molecule has 0 aliphatic carbocycles. The van der Waals surface area contributed by atoms with Gasteiger partial charge in [0.15, 0.2) is 0 Å². The van der Waals surface area contributed by atoms with Crippen LogP contribution >= 0.6 is 0 Å². The van der Waals surface area contributed by atoms with Crippen LogP contribution in [0.15, 0.2) is 36.7 Å². The Labute approximate surface area is 83.2 Å². The maximum Gasteiger partial charge on any atom is 0.105 e. The monoisotopic (exact) mass is 187 g/mol. The lowest BCUT2D eigenvalue weighted by molar-refractivity contribution is 0.762. The van der Waals surface area contributed by atoms with E-state index in [9.17, 15) is 0 Å². The number of nitrogens with two attached hydrogens (primary N) is 1. The summed E-state index contributed by atoms with van der Waals surface area (Å²) in [6.45, 7) is 2.85. The highest BCUT2D eigenvalue weighted by atomic mass is 15.0. The number of aromatic nitrogens is 2. The second-order valence-electron chi connectivity index (χ2n) is 3.34. The molecule has 0 unspecified atom stereocenters. The molecule has 0 bridgehead atoms. The molecule has 2 N–H and O–H groups in total. The Morgan fingerprint density at radius 3 is 2.57 bits per heavy atom. The fourth-order valence-corrected chi connectivity index (χ4v) is 1.39. The molecule has 3 heteroatoms. The van der Waals surface area contributed by atoms with Crippen LogP contribution in [-0.4, -0.2) is 9.55 Å². The molecule has 72 valence electrons. The molecule has 1 aromatic carbocycles. The highest BCUT2D eigenvalue weighted by molar-refractivity contribution is 5.39. The number of aryl methyl sites for hydroxylation is 1. The standard InChI is InChI=1S/C11H13N3/c1-9-13-6-7-14(9)8-10-2-4-11(12)5-3-10/h2-7H,8,12H2,1H3. The van der Waals surface area contributed by atoms with E-state index in [0.717, 1.165) is 18.1 Å². The van der Waals surface area contributed by atoms with Gasteiger partial charge in [0.2, 0.25) is 0 Å².